The molecule has 32 heavy (non-hydrogen) atoms. The first-order valence-electron chi connectivity index (χ1n) is 10.1. The van der Waals surface area contributed by atoms with Gasteiger partial charge in [0.1, 0.15) is 11.4 Å². The minimum atomic E-state index is -0.447. The number of hydrogen-bond acceptors (Lipinski definition) is 5. The first-order chi connectivity index (χ1) is 15.6. The fourth-order valence-electron chi connectivity index (χ4n) is 3.97. The van der Waals surface area contributed by atoms with Crippen LogP contribution < -0.4 is 0 Å². The predicted octanol–water partition coefficient (Wildman–Crippen LogP) is 6.05. The average Bonchev–Trinajstić information content (AvgIpc) is 3.52. The number of halogens is 1. The number of nitrogens with zero attached hydrogens (tertiary/aromatic N) is 4. The van der Waals surface area contributed by atoms with Gasteiger partial charge in [0, 0.05) is 33.3 Å². The maximum absolute atomic E-state index is 15.7. The quantitative estimate of drug-likeness (QED) is 0.351. The van der Waals surface area contributed by atoms with E-state index in [1.165, 1.54) is 4.88 Å². The van der Waals surface area contributed by atoms with Gasteiger partial charge in [-0.15, -0.1) is 11.3 Å². The third-order valence-electron chi connectivity index (χ3n) is 5.58. The summed E-state index contributed by atoms with van der Waals surface area (Å²) in [6, 6.07) is 12.0. The number of benzene rings is 1. The van der Waals surface area contributed by atoms with Crippen LogP contribution in [-0.2, 0) is 0 Å². The molecule has 5 aromatic heterocycles. The summed E-state index contributed by atoms with van der Waals surface area (Å²) in [4.78, 5) is 19.0. The van der Waals surface area contributed by atoms with Crippen LogP contribution >= 0.6 is 11.3 Å². The summed E-state index contributed by atoms with van der Waals surface area (Å²) in [6.45, 7) is 3.99. The molecular formula is C24H17FN6S. The topological polar surface area (TPSA) is 83.1 Å². The summed E-state index contributed by atoms with van der Waals surface area (Å²) in [6.07, 6.45) is 4.90. The van der Waals surface area contributed by atoms with Crippen molar-refractivity contribution in [2.24, 2.45) is 0 Å². The van der Waals surface area contributed by atoms with Crippen LogP contribution in [0.25, 0.3) is 55.2 Å². The molecule has 0 unspecified atom stereocenters. The predicted molar refractivity (Wildman–Crippen MR) is 125 cm³/mol. The maximum atomic E-state index is 15.7. The Kier molecular flexibility index (Phi) is 4.16. The Labute approximate surface area is 186 Å². The minimum absolute atomic E-state index is 0.247. The van der Waals surface area contributed by atoms with E-state index in [1.54, 1.807) is 29.9 Å². The van der Waals surface area contributed by atoms with Crippen molar-refractivity contribution in [3.63, 3.8) is 0 Å². The molecule has 0 aliphatic heterocycles. The van der Waals surface area contributed by atoms with Crippen molar-refractivity contribution in [2.45, 2.75) is 13.8 Å². The lowest BCUT2D eigenvalue weighted by Gasteiger charge is -2.06. The SMILES string of the molecule is Cc1ccc(-c2cccc3[nH]c(-c4n[nH]c5cnc(-c6cnccc6C)c(F)c45)nc23)s1. The van der Waals surface area contributed by atoms with Crippen molar-refractivity contribution in [3.8, 4) is 33.2 Å². The number of H-pyrrole nitrogens is 2. The van der Waals surface area contributed by atoms with Crippen LogP contribution in [0.5, 0.6) is 0 Å². The number of aromatic amines is 2. The normalized spacial score (nSPS) is 11.6. The molecule has 8 heteroatoms. The number of imidazole rings is 1. The van der Waals surface area contributed by atoms with Gasteiger partial charge in [0.15, 0.2) is 11.6 Å². The lowest BCUT2D eigenvalue weighted by Crippen LogP contribution is -1.94. The molecule has 0 aliphatic carbocycles. The molecule has 0 fully saturated rings. The monoisotopic (exact) mass is 440 g/mol. The highest BCUT2D eigenvalue weighted by Gasteiger charge is 2.21. The summed E-state index contributed by atoms with van der Waals surface area (Å²) in [7, 11) is 0. The van der Waals surface area contributed by atoms with E-state index in [0.29, 0.717) is 28.0 Å². The van der Waals surface area contributed by atoms with E-state index in [9.17, 15) is 0 Å². The van der Waals surface area contributed by atoms with Crippen molar-refractivity contribution < 1.29 is 4.39 Å². The van der Waals surface area contributed by atoms with E-state index in [4.69, 9.17) is 4.98 Å². The number of aryl methyl sites for hydroxylation is 2. The van der Waals surface area contributed by atoms with E-state index < -0.39 is 5.82 Å². The average molecular weight is 441 g/mol. The van der Waals surface area contributed by atoms with Gasteiger partial charge < -0.3 is 4.98 Å². The third-order valence-corrected chi connectivity index (χ3v) is 6.62. The molecule has 6 rings (SSSR count). The summed E-state index contributed by atoms with van der Waals surface area (Å²) in [5, 5.41) is 7.61. The largest absolute Gasteiger partial charge is 0.337 e. The van der Waals surface area contributed by atoms with Crippen molar-refractivity contribution in [1.29, 1.82) is 0 Å². The second-order valence-corrected chi connectivity index (χ2v) is 8.96. The molecule has 0 saturated heterocycles. The molecule has 6 aromatic rings. The highest BCUT2D eigenvalue weighted by molar-refractivity contribution is 7.15. The molecule has 0 amide bonds. The molecule has 0 bridgehead atoms. The lowest BCUT2D eigenvalue weighted by molar-refractivity contribution is 0.638. The van der Waals surface area contributed by atoms with Crippen LogP contribution in [0.1, 0.15) is 10.4 Å². The summed E-state index contributed by atoms with van der Waals surface area (Å²) in [5.74, 6) is 0.0582. The van der Waals surface area contributed by atoms with Gasteiger partial charge in [-0.1, -0.05) is 12.1 Å². The second kappa shape index (κ2) is 7.06. The van der Waals surface area contributed by atoms with Crippen LogP contribution in [0.2, 0.25) is 0 Å². The van der Waals surface area contributed by atoms with Crippen molar-refractivity contribution in [2.75, 3.05) is 0 Å². The fourth-order valence-corrected chi connectivity index (χ4v) is 4.86. The van der Waals surface area contributed by atoms with Crippen LogP contribution in [0.15, 0.2) is 55.0 Å². The lowest BCUT2D eigenvalue weighted by atomic mass is 10.1. The number of thiophene rings is 1. The number of fused-ring (bicyclic) bond motifs is 2. The van der Waals surface area contributed by atoms with Crippen molar-refractivity contribution in [3.05, 3.63) is 71.2 Å². The Hall–Kier alpha value is -3.91. The number of para-hydroxylation sites is 1. The van der Waals surface area contributed by atoms with Gasteiger partial charge in [-0.05, 0) is 43.7 Å². The summed E-state index contributed by atoms with van der Waals surface area (Å²) in [5.41, 5.74) is 5.48. The van der Waals surface area contributed by atoms with Gasteiger partial charge in [0.05, 0.1) is 28.1 Å². The van der Waals surface area contributed by atoms with Crippen LogP contribution in [0.3, 0.4) is 0 Å². The molecular weight excluding hydrogens is 423 g/mol. The molecule has 6 nitrogen and oxygen atoms in total. The number of rotatable bonds is 3. The van der Waals surface area contributed by atoms with Gasteiger partial charge in [0.2, 0.25) is 0 Å². The van der Waals surface area contributed by atoms with Crippen LogP contribution in [-0.4, -0.2) is 30.1 Å². The van der Waals surface area contributed by atoms with E-state index in [0.717, 1.165) is 27.0 Å². The first-order valence-corrected chi connectivity index (χ1v) is 10.9. The maximum Gasteiger partial charge on any atom is 0.161 e. The fraction of sp³-hybridized carbons (Fsp3) is 0.0833. The minimum Gasteiger partial charge on any atom is -0.337 e. The Morgan fingerprint density at radius 1 is 0.938 bits per heavy atom. The van der Waals surface area contributed by atoms with Crippen molar-refractivity contribution >= 4 is 33.3 Å². The van der Waals surface area contributed by atoms with Crippen LogP contribution in [0.4, 0.5) is 4.39 Å². The van der Waals surface area contributed by atoms with Crippen molar-refractivity contribution in [1.82, 2.24) is 30.1 Å². The van der Waals surface area contributed by atoms with Gasteiger partial charge in [0.25, 0.3) is 0 Å². The number of hydrogen-bond donors (Lipinski definition) is 2. The zero-order chi connectivity index (χ0) is 21.8. The molecule has 1 aromatic carbocycles. The highest BCUT2D eigenvalue weighted by Crippen LogP contribution is 2.36. The van der Waals surface area contributed by atoms with Gasteiger partial charge in [-0.2, -0.15) is 5.10 Å². The zero-order valence-electron chi connectivity index (χ0n) is 17.3. The Morgan fingerprint density at radius 3 is 2.66 bits per heavy atom. The molecule has 156 valence electrons. The second-order valence-electron chi connectivity index (χ2n) is 7.67. The molecule has 0 aliphatic rings. The Morgan fingerprint density at radius 2 is 1.84 bits per heavy atom. The smallest absolute Gasteiger partial charge is 0.161 e. The molecule has 5 heterocycles. The molecule has 0 saturated carbocycles. The number of pyridine rings is 2. The van der Waals surface area contributed by atoms with Crippen LogP contribution in [0, 0.1) is 19.7 Å². The molecule has 2 N–H and O–H groups in total. The Bertz CT molecular complexity index is 1630. The van der Waals surface area contributed by atoms with E-state index in [2.05, 4.69) is 50.3 Å². The van der Waals surface area contributed by atoms with E-state index in [1.807, 2.05) is 25.1 Å². The van der Waals surface area contributed by atoms with Gasteiger partial charge in [-0.3, -0.25) is 15.1 Å². The number of aromatic nitrogens is 6. The summed E-state index contributed by atoms with van der Waals surface area (Å²) < 4.78 is 15.7. The standard InChI is InChI=1S/C24H17FN6S/c1-12-8-9-26-10-15(12)22-20(25)19-17(11-27-22)30-31-23(19)24-28-16-5-3-4-14(21(16)29-24)18-7-6-13(2)32-18/h3-11H,1-2H3,(H,28,29)(H,30,31). The van der Waals surface area contributed by atoms with Gasteiger partial charge >= 0.3 is 0 Å². The van der Waals surface area contributed by atoms with E-state index >= 15 is 4.39 Å². The first kappa shape index (κ1) is 18.8. The Balaban J connectivity index is 1.56. The molecule has 0 spiro atoms. The molecule has 0 atom stereocenters. The van der Waals surface area contributed by atoms with E-state index in [-0.39, 0.29) is 5.69 Å². The van der Waals surface area contributed by atoms with Gasteiger partial charge in [-0.25, -0.2) is 9.37 Å². The molecule has 0 radical (unpaired) electrons. The number of nitrogens with one attached hydrogen (secondary N) is 2. The zero-order valence-corrected chi connectivity index (χ0v) is 18.1. The summed E-state index contributed by atoms with van der Waals surface area (Å²) >= 11 is 1.72. The third kappa shape index (κ3) is 2.84. The highest BCUT2D eigenvalue weighted by atomic mass is 32.1.